The van der Waals surface area contributed by atoms with Crippen LogP contribution in [0.3, 0.4) is 0 Å². The number of carbonyl (C=O) groups is 1. The first-order valence-corrected chi connectivity index (χ1v) is 6.46. The molecule has 0 atom stereocenters. The highest BCUT2D eigenvalue weighted by molar-refractivity contribution is 6.34. The Morgan fingerprint density at radius 1 is 1.35 bits per heavy atom. The maximum atomic E-state index is 14.1. The highest BCUT2D eigenvalue weighted by Gasteiger charge is 2.21. The molecule has 1 aliphatic heterocycles. The van der Waals surface area contributed by atoms with Crippen LogP contribution in [0.4, 0.5) is 10.1 Å². The van der Waals surface area contributed by atoms with E-state index in [2.05, 4.69) is 5.32 Å². The molecule has 1 aliphatic rings. The van der Waals surface area contributed by atoms with Crippen molar-refractivity contribution in [3.8, 4) is 16.9 Å². The number of hydrogen-bond donors (Lipinski definition) is 1. The number of halogens is 2. The van der Waals surface area contributed by atoms with Gasteiger partial charge in [0.05, 0.1) is 5.02 Å². The van der Waals surface area contributed by atoms with Gasteiger partial charge in [-0.1, -0.05) is 29.8 Å². The Kier molecular flexibility index (Phi) is 3.10. The fourth-order valence-corrected chi connectivity index (χ4v) is 2.40. The average Bonchev–Trinajstić information content (AvgIpc) is 2.42. The SMILES string of the molecule is Cc1cccc(-c2cc(F)c3c(c2)OCC(=O)N3)c1Cl. The van der Waals surface area contributed by atoms with Crippen molar-refractivity contribution >= 4 is 23.2 Å². The largest absolute Gasteiger partial charge is 0.481 e. The molecule has 5 heteroatoms. The Morgan fingerprint density at radius 2 is 2.15 bits per heavy atom. The lowest BCUT2D eigenvalue weighted by Crippen LogP contribution is -2.26. The Hall–Kier alpha value is -2.07. The number of fused-ring (bicyclic) bond motifs is 1. The van der Waals surface area contributed by atoms with Crippen LogP contribution in [0, 0.1) is 12.7 Å². The molecule has 1 amide bonds. The van der Waals surface area contributed by atoms with Crippen LogP contribution >= 0.6 is 11.6 Å². The summed E-state index contributed by atoms with van der Waals surface area (Å²) < 4.78 is 19.3. The zero-order valence-corrected chi connectivity index (χ0v) is 11.4. The molecule has 0 saturated carbocycles. The van der Waals surface area contributed by atoms with E-state index in [0.29, 0.717) is 16.3 Å². The number of hydrogen-bond acceptors (Lipinski definition) is 2. The molecule has 0 spiro atoms. The van der Waals surface area contributed by atoms with Crippen molar-refractivity contribution in [2.45, 2.75) is 6.92 Å². The second kappa shape index (κ2) is 4.80. The summed E-state index contributed by atoms with van der Waals surface area (Å²) in [6.45, 7) is 1.77. The van der Waals surface area contributed by atoms with Gasteiger partial charge < -0.3 is 10.1 Å². The Balaban J connectivity index is 2.15. The molecule has 0 fully saturated rings. The van der Waals surface area contributed by atoms with Crippen molar-refractivity contribution in [3.63, 3.8) is 0 Å². The first-order valence-electron chi connectivity index (χ1n) is 6.08. The Labute approximate surface area is 120 Å². The van der Waals surface area contributed by atoms with Gasteiger partial charge in [-0.15, -0.1) is 0 Å². The van der Waals surface area contributed by atoms with Crippen LogP contribution in [-0.4, -0.2) is 12.5 Å². The molecule has 0 aromatic heterocycles. The van der Waals surface area contributed by atoms with E-state index in [1.54, 1.807) is 6.07 Å². The molecule has 20 heavy (non-hydrogen) atoms. The zero-order valence-electron chi connectivity index (χ0n) is 10.7. The molecule has 3 rings (SSSR count). The van der Waals surface area contributed by atoms with Crippen molar-refractivity contribution in [1.29, 1.82) is 0 Å². The van der Waals surface area contributed by atoms with Crippen LogP contribution in [0.25, 0.3) is 11.1 Å². The van der Waals surface area contributed by atoms with Crippen LogP contribution in [0.15, 0.2) is 30.3 Å². The number of rotatable bonds is 1. The van der Waals surface area contributed by atoms with Crippen LogP contribution in [0.1, 0.15) is 5.56 Å². The van der Waals surface area contributed by atoms with Gasteiger partial charge in [-0.2, -0.15) is 0 Å². The third-order valence-corrected chi connectivity index (χ3v) is 3.68. The maximum absolute atomic E-state index is 14.1. The molecule has 0 saturated heterocycles. The second-order valence-electron chi connectivity index (χ2n) is 4.60. The van der Waals surface area contributed by atoms with Crippen LogP contribution < -0.4 is 10.1 Å². The highest BCUT2D eigenvalue weighted by Crippen LogP contribution is 2.38. The third kappa shape index (κ3) is 2.12. The van der Waals surface area contributed by atoms with E-state index in [0.717, 1.165) is 11.1 Å². The lowest BCUT2D eigenvalue weighted by atomic mass is 10.0. The molecule has 2 aromatic carbocycles. The smallest absolute Gasteiger partial charge is 0.262 e. The summed E-state index contributed by atoms with van der Waals surface area (Å²) in [5.74, 6) is -0.585. The van der Waals surface area contributed by atoms with E-state index in [1.165, 1.54) is 6.07 Å². The standard InChI is InChI=1S/C15H11ClFNO2/c1-8-3-2-4-10(14(8)16)9-5-11(17)15-12(6-9)20-7-13(19)18-15/h2-6H,7H2,1H3,(H,18,19). The normalized spacial score (nSPS) is 13.4. The minimum atomic E-state index is -0.539. The van der Waals surface area contributed by atoms with Crippen LogP contribution in [-0.2, 0) is 4.79 Å². The molecule has 102 valence electrons. The van der Waals surface area contributed by atoms with Crippen molar-refractivity contribution in [3.05, 3.63) is 46.7 Å². The molecule has 0 unspecified atom stereocenters. The summed E-state index contributed by atoms with van der Waals surface area (Å²) in [4.78, 5) is 11.2. The summed E-state index contributed by atoms with van der Waals surface area (Å²) in [6.07, 6.45) is 0. The number of anilines is 1. The molecular formula is C15H11ClFNO2. The van der Waals surface area contributed by atoms with Gasteiger partial charge in [0.2, 0.25) is 0 Å². The van der Waals surface area contributed by atoms with Gasteiger partial charge in [-0.05, 0) is 30.2 Å². The van der Waals surface area contributed by atoms with E-state index >= 15 is 0 Å². The fourth-order valence-electron chi connectivity index (χ4n) is 2.16. The summed E-state index contributed by atoms with van der Waals surface area (Å²) in [6, 6.07) is 8.58. The number of ether oxygens (including phenoxy) is 1. The van der Waals surface area contributed by atoms with Crippen molar-refractivity contribution < 1.29 is 13.9 Å². The molecule has 0 bridgehead atoms. The molecule has 0 radical (unpaired) electrons. The second-order valence-corrected chi connectivity index (χ2v) is 4.98. The lowest BCUT2D eigenvalue weighted by Gasteiger charge is -2.19. The number of aryl methyl sites for hydroxylation is 1. The number of carbonyl (C=O) groups excluding carboxylic acids is 1. The quantitative estimate of drug-likeness (QED) is 0.868. The summed E-state index contributed by atoms with van der Waals surface area (Å²) in [5, 5.41) is 3.04. The summed E-state index contributed by atoms with van der Waals surface area (Å²) >= 11 is 6.25. The zero-order chi connectivity index (χ0) is 14.3. The van der Waals surface area contributed by atoms with Gasteiger partial charge in [-0.25, -0.2) is 4.39 Å². The Bertz CT molecular complexity index is 715. The fraction of sp³-hybridized carbons (Fsp3) is 0.133. The third-order valence-electron chi connectivity index (χ3n) is 3.18. The molecular weight excluding hydrogens is 281 g/mol. The van der Waals surface area contributed by atoms with E-state index in [9.17, 15) is 9.18 Å². The monoisotopic (exact) mass is 291 g/mol. The average molecular weight is 292 g/mol. The topological polar surface area (TPSA) is 38.3 Å². The van der Waals surface area contributed by atoms with Crippen LogP contribution in [0.5, 0.6) is 5.75 Å². The molecule has 2 aromatic rings. The minimum Gasteiger partial charge on any atom is -0.481 e. The Morgan fingerprint density at radius 3 is 2.95 bits per heavy atom. The lowest BCUT2D eigenvalue weighted by molar-refractivity contribution is -0.118. The van der Waals surface area contributed by atoms with E-state index in [4.69, 9.17) is 16.3 Å². The maximum Gasteiger partial charge on any atom is 0.262 e. The van der Waals surface area contributed by atoms with Crippen molar-refractivity contribution in [1.82, 2.24) is 0 Å². The van der Waals surface area contributed by atoms with E-state index in [-0.39, 0.29) is 18.2 Å². The van der Waals surface area contributed by atoms with Gasteiger partial charge in [0, 0.05) is 5.56 Å². The molecule has 1 N–H and O–H groups in total. The highest BCUT2D eigenvalue weighted by atomic mass is 35.5. The van der Waals surface area contributed by atoms with E-state index in [1.807, 2.05) is 25.1 Å². The van der Waals surface area contributed by atoms with Gasteiger partial charge in [0.25, 0.3) is 5.91 Å². The van der Waals surface area contributed by atoms with Crippen molar-refractivity contribution in [2.75, 3.05) is 11.9 Å². The predicted octanol–water partition coefficient (Wildman–Crippen LogP) is 3.79. The summed E-state index contributed by atoms with van der Waals surface area (Å²) in [5.41, 5.74) is 2.34. The number of amides is 1. The van der Waals surface area contributed by atoms with Crippen molar-refractivity contribution in [2.24, 2.45) is 0 Å². The van der Waals surface area contributed by atoms with E-state index < -0.39 is 5.82 Å². The molecule has 1 heterocycles. The number of nitrogens with one attached hydrogen (secondary N) is 1. The van der Waals surface area contributed by atoms with Crippen LogP contribution in [0.2, 0.25) is 5.02 Å². The van der Waals surface area contributed by atoms with Gasteiger partial charge in [0.1, 0.15) is 11.4 Å². The first-order chi connectivity index (χ1) is 9.56. The van der Waals surface area contributed by atoms with Gasteiger partial charge in [0.15, 0.2) is 12.4 Å². The van der Waals surface area contributed by atoms with Gasteiger partial charge in [-0.3, -0.25) is 4.79 Å². The first kappa shape index (κ1) is 12.9. The minimum absolute atomic E-state index is 0.0776. The summed E-state index contributed by atoms with van der Waals surface area (Å²) in [7, 11) is 0. The van der Waals surface area contributed by atoms with Gasteiger partial charge >= 0.3 is 0 Å². The predicted molar refractivity (Wildman–Crippen MR) is 75.7 cm³/mol. The number of benzene rings is 2. The molecule has 3 nitrogen and oxygen atoms in total. The molecule has 0 aliphatic carbocycles.